The maximum atomic E-state index is 13.6. The van der Waals surface area contributed by atoms with Crippen molar-refractivity contribution < 1.29 is 22.6 Å². The Kier molecular flexibility index (Phi) is 8.86. The van der Waals surface area contributed by atoms with E-state index < -0.39 is 21.2 Å². The molecular formula is C29H38N4O5S. The van der Waals surface area contributed by atoms with Gasteiger partial charge in [0.15, 0.2) is 5.78 Å². The van der Waals surface area contributed by atoms with Crippen LogP contribution in [-0.2, 0) is 26.3 Å². The summed E-state index contributed by atoms with van der Waals surface area (Å²) in [5.74, 6) is -0.512. The summed E-state index contributed by atoms with van der Waals surface area (Å²) in [5.41, 5.74) is 3.75. The Morgan fingerprint density at radius 1 is 0.974 bits per heavy atom. The summed E-state index contributed by atoms with van der Waals surface area (Å²) in [6, 6.07) is 15.5. The molecular weight excluding hydrogens is 516 g/mol. The van der Waals surface area contributed by atoms with E-state index >= 15 is 0 Å². The van der Waals surface area contributed by atoms with E-state index in [1.807, 2.05) is 61.3 Å². The van der Waals surface area contributed by atoms with E-state index in [1.54, 1.807) is 4.90 Å². The molecule has 0 bridgehead atoms. The molecule has 2 aromatic carbocycles. The predicted octanol–water partition coefficient (Wildman–Crippen LogP) is 5.84. The average Bonchev–Trinajstić information content (AvgIpc) is 3.30. The molecule has 0 saturated heterocycles. The van der Waals surface area contributed by atoms with E-state index in [0.717, 1.165) is 22.4 Å². The molecule has 0 aromatic heterocycles. The smallest absolute Gasteiger partial charge is 0.274 e. The van der Waals surface area contributed by atoms with Crippen molar-refractivity contribution in [2.75, 3.05) is 4.90 Å². The maximum Gasteiger partial charge on any atom is 0.274 e. The molecule has 10 heteroatoms. The second-order valence-electron chi connectivity index (χ2n) is 11.1. The number of amides is 1. The van der Waals surface area contributed by atoms with Crippen molar-refractivity contribution in [1.29, 1.82) is 0 Å². The molecule has 2 heterocycles. The summed E-state index contributed by atoms with van der Waals surface area (Å²) in [4.78, 5) is 28.1. The third kappa shape index (κ3) is 6.38. The summed E-state index contributed by atoms with van der Waals surface area (Å²) in [6.07, 6.45) is 0.746. The van der Waals surface area contributed by atoms with Crippen molar-refractivity contribution in [2.24, 2.45) is 16.3 Å². The number of carbonyl (C=O) groups is 2. The molecule has 2 aliphatic heterocycles. The first-order chi connectivity index (χ1) is 18.5. The number of hydrogen-bond donors (Lipinski definition) is 1. The van der Waals surface area contributed by atoms with Gasteiger partial charge in [0.2, 0.25) is 5.91 Å². The minimum Gasteiger partial charge on any atom is -0.308 e. The number of hydrogen-bond acceptors (Lipinski definition) is 7. The van der Waals surface area contributed by atoms with Gasteiger partial charge in [0.05, 0.1) is 6.54 Å². The Labute approximate surface area is 231 Å². The lowest BCUT2D eigenvalue weighted by atomic mass is 9.87. The fourth-order valence-electron chi connectivity index (χ4n) is 5.45. The lowest BCUT2D eigenvalue weighted by Crippen LogP contribution is -2.36. The van der Waals surface area contributed by atoms with Crippen LogP contribution in [-0.4, -0.2) is 41.0 Å². The zero-order valence-electron chi connectivity index (χ0n) is 23.0. The quantitative estimate of drug-likeness (QED) is 0.369. The lowest BCUT2D eigenvalue weighted by Gasteiger charge is -2.36. The molecule has 1 amide bonds. The van der Waals surface area contributed by atoms with Crippen molar-refractivity contribution in [3.63, 3.8) is 0 Å². The number of nitrogens with zero attached hydrogens (tertiary/aromatic N) is 4. The van der Waals surface area contributed by atoms with E-state index in [4.69, 9.17) is 0 Å². The number of carbonyl (C=O) groups excluding carboxylic acids is 2. The molecule has 0 fully saturated rings. The second kappa shape index (κ2) is 12.0. The van der Waals surface area contributed by atoms with Gasteiger partial charge in [-0.15, -0.1) is 0 Å². The topological polar surface area (TPSA) is 120 Å². The molecule has 4 rings (SSSR count). The van der Waals surface area contributed by atoms with Crippen LogP contribution < -0.4 is 4.90 Å². The van der Waals surface area contributed by atoms with Crippen molar-refractivity contribution in [3.05, 3.63) is 65.2 Å². The van der Waals surface area contributed by atoms with Crippen molar-refractivity contribution in [3.8, 4) is 0 Å². The average molecular weight is 555 g/mol. The number of benzene rings is 2. The molecule has 39 heavy (non-hydrogen) atoms. The molecule has 3 atom stereocenters. The van der Waals surface area contributed by atoms with Gasteiger partial charge >= 0.3 is 0 Å². The Morgan fingerprint density at radius 2 is 1.64 bits per heavy atom. The van der Waals surface area contributed by atoms with Gasteiger partial charge in [0.25, 0.3) is 10.1 Å². The number of fused-ring (bicyclic) bond motifs is 5. The molecule has 0 aliphatic carbocycles. The Morgan fingerprint density at radius 3 is 2.31 bits per heavy atom. The number of Topliss-reactive ketones (excluding diaryl/α,β-unsaturated/α-hetero) is 1. The van der Waals surface area contributed by atoms with Gasteiger partial charge in [-0.2, -0.15) is 13.5 Å². The highest BCUT2D eigenvalue weighted by atomic mass is 32.2. The molecule has 210 valence electrons. The van der Waals surface area contributed by atoms with Crippen LogP contribution in [0.4, 0.5) is 5.69 Å². The molecule has 0 saturated carbocycles. The summed E-state index contributed by atoms with van der Waals surface area (Å²) < 4.78 is 33.3. The van der Waals surface area contributed by atoms with Gasteiger partial charge < -0.3 is 4.90 Å². The summed E-state index contributed by atoms with van der Waals surface area (Å²) in [5, 5.41) is 9.73. The van der Waals surface area contributed by atoms with Crippen LogP contribution >= 0.6 is 0 Å². The first-order valence-corrected chi connectivity index (χ1v) is 15.1. The molecule has 2 aliphatic rings. The van der Waals surface area contributed by atoms with E-state index in [0.29, 0.717) is 13.0 Å². The van der Waals surface area contributed by atoms with Gasteiger partial charge in [-0.05, 0) is 56.2 Å². The summed E-state index contributed by atoms with van der Waals surface area (Å²) in [6.45, 7) is 8.39. The maximum absolute atomic E-state index is 13.6. The van der Waals surface area contributed by atoms with E-state index in [2.05, 4.69) is 30.3 Å². The SMILES string of the molecule is CC(C)CCC(C(=O)CCCC(=O)N1Cc2ccccc2C2C(N=NN2C(C)C)c2ccccc21)S(=O)(=O)O. The zero-order chi connectivity index (χ0) is 28.3. The fraction of sp³-hybridized carbons (Fsp3) is 0.517. The van der Waals surface area contributed by atoms with Crippen LogP contribution in [0.1, 0.15) is 88.6 Å². The van der Waals surface area contributed by atoms with Crippen molar-refractivity contribution in [1.82, 2.24) is 5.01 Å². The minimum absolute atomic E-state index is 0.0678. The standard InChI is InChI=1S/C29H38N4O5S/c1-19(2)16-17-26(39(36,37)38)25(34)14-9-15-27(35)32-18-21-10-5-6-11-22(21)29-28(30-31-33(29)20(3)4)23-12-7-8-13-24(23)32/h5-8,10-13,19-20,26,28-29H,9,14-18H2,1-4H3,(H,36,37,38). The Hall–Kier alpha value is -3.11. The largest absolute Gasteiger partial charge is 0.308 e. The molecule has 0 radical (unpaired) electrons. The monoisotopic (exact) mass is 554 g/mol. The van der Waals surface area contributed by atoms with Crippen LogP contribution in [0.3, 0.4) is 0 Å². The highest BCUT2D eigenvalue weighted by Crippen LogP contribution is 2.48. The molecule has 2 aromatic rings. The highest BCUT2D eigenvalue weighted by Gasteiger charge is 2.41. The minimum atomic E-state index is -4.50. The third-order valence-electron chi connectivity index (χ3n) is 7.48. The van der Waals surface area contributed by atoms with Crippen molar-refractivity contribution in [2.45, 2.75) is 89.7 Å². The number of para-hydroxylation sites is 1. The fourth-order valence-corrected chi connectivity index (χ4v) is 6.33. The summed E-state index contributed by atoms with van der Waals surface area (Å²) in [7, 11) is -4.50. The first kappa shape index (κ1) is 28.9. The van der Waals surface area contributed by atoms with Crippen molar-refractivity contribution >= 4 is 27.5 Å². The predicted molar refractivity (Wildman–Crippen MR) is 150 cm³/mol. The molecule has 1 N–H and O–H groups in total. The van der Waals surface area contributed by atoms with Gasteiger partial charge in [-0.3, -0.25) is 19.2 Å². The van der Waals surface area contributed by atoms with Crippen LogP contribution in [0.15, 0.2) is 58.9 Å². The van der Waals surface area contributed by atoms with Crippen LogP contribution in [0, 0.1) is 5.92 Å². The molecule has 9 nitrogen and oxygen atoms in total. The molecule has 3 unspecified atom stereocenters. The number of rotatable bonds is 10. The number of anilines is 1. The second-order valence-corrected chi connectivity index (χ2v) is 12.7. The van der Waals surface area contributed by atoms with Crippen LogP contribution in [0.5, 0.6) is 0 Å². The van der Waals surface area contributed by atoms with Gasteiger partial charge in [-0.25, -0.2) is 0 Å². The highest BCUT2D eigenvalue weighted by molar-refractivity contribution is 7.87. The van der Waals surface area contributed by atoms with Gasteiger partial charge in [-0.1, -0.05) is 61.5 Å². The van der Waals surface area contributed by atoms with Gasteiger partial charge in [0, 0.05) is 30.1 Å². The lowest BCUT2D eigenvalue weighted by molar-refractivity contribution is -0.120. The third-order valence-corrected chi connectivity index (χ3v) is 8.70. The Balaban J connectivity index is 1.57. The zero-order valence-corrected chi connectivity index (χ0v) is 23.8. The van der Waals surface area contributed by atoms with E-state index in [-0.39, 0.29) is 55.6 Å². The Bertz CT molecular complexity index is 1340. The van der Waals surface area contributed by atoms with Gasteiger partial charge in [0.1, 0.15) is 17.3 Å². The summed E-state index contributed by atoms with van der Waals surface area (Å²) >= 11 is 0. The van der Waals surface area contributed by atoms with E-state index in [9.17, 15) is 22.6 Å². The normalized spacial score (nSPS) is 19.4. The van der Waals surface area contributed by atoms with Crippen LogP contribution in [0.2, 0.25) is 0 Å². The van der Waals surface area contributed by atoms with E-state index in [1.165, 1.54) is 0 Å². The first-order valence-electron chi connectivity index (χ1n) is 13.6. The number of ketones is 1. The molecule has 0 spiro atoms. The van der Waals surface area contributed by atoms with Crippen LogP contribution in [0.25, 0.3) is 0 Å².